The maximum absolute atomic E-state index is 12.7. The van der Waals surface area contributed by atoms with Crippen LogP contribution in [0.15, 0.2) is 24.3 Å². The Bertz CT molecular complexity index is 398. The fraction of sp³-hybridized carbons (Fsp3) is 0.417. The van der Waals surface area contributed by atoms with Crippen LogP contribution < -0.4 is 11.1 Å². The second-order valence-electron chi connectivity index (χ2n) is 3.97. The molecular weight excluding hydrogens is 259 g/mol. The summed E-state index contributed by atoms with van der Waals surface area (Å²) in [5.74, 6) is -0.860. The van der Waals surface area contributed by atoms with Crippen LogP contribution in [0, 0.1) is 5.82 Å². The summed E-state index contributed by atoms with van der Waals surface area (Å²) in [4.78, 5) is 12.9. The van der Waals surface area contributed by atoms with E-state index in [1.54, 1.807) is 0 Å². The summed E-state index contributed by atoms with van der Waals surface area (Å²) in [5, 5.41) is 2.50. The summed E-state index contributed by atoms with van der Waals surface area (Å²) < 4.78 is 37.2. The highest BCUT2D eigenvalue weighted by molar-refractivity contribution is 5.92. The lowest BCUT2D eigenvalue weighted by Gasteiger charge is -2.20. The van der Waals surface area contributed by atoms with Crippen LogP contribution in [0.25, 0.3) is 0 Å². The molecule has 0 aliphatic heterocycles. The first-order chi connectivity index (χ1) is 9.01. The van der Waals surface area contributed by atoms with E-state index in [2.05, 4.69) is 5.32 Å². The smallest absolute Gasteiger partial charge is 0.251 e. The number of carbonyl (C=O) groups excluding carboxylic acids is 1. The number of carbonyl (C=O) groups is 1. The van der Waals surface area contributed by atoms with Gasteiger partial charge in [0.05, 0.1) is 13.1 Å². The SMILES string of the molecule is NCCN(CC(=O)Nc1ccc(F)cc1)CC(F)F. The molecule has 0 saturated carbocycles. The van der Waals surface area contributed by atoms with Crippen LogP contribution in [0.2, 0.25) is 0 Å². The lowest BCUT2D eigenvalue weighted by Crippen LogP contribution is -2.39. The van der Waals surface area contributed by atoms with Gasteiger partial charge in [0.15, 0.2) is 0 Å². The molecule has 0 atom stereocenters. The molecule has 0 aliphatic rings. The Kier molecular flexibility index (Phi) is 6.31. The average Bonchev–Trinajstić information content (AvgIpc) is 2.31. The zero-order valence-corrected chi connectivity index (χ0v) is 10.3. The number of benzene rings is 1. The number of nitrogens with two attached hydrogens (primary N) is 1. The number of amides is 1. The van der Waals surface area contributed by atoms with E-state index in [0.717, 1.165) is 0 Å². The summed E-state index contributed by atoms with van der Waals surface area (Å²) in [6.07, 6.45) is -2.52. The van der Waals surface area contributed by atoms with Crippen LogP contribution in [0.1, 0.15) is 0 Å². The highest BCUT2D eigenvalue weighted by Gasteiger charge is 2.15. The molecule has 1 aromatic rings. The molecule has 0 radical (unpaired) electrons. The van der Waals surface area contributed by atoms with Crippen molar-refractivity contribution in [2.24, 2.45) is 5.73 Å². The van der Waals surface area contributed by atoms with Gasteiger partial charge in [-0.15, -0.1) is 0 Å². The van der Waals surface area contributed by atoms with E-state index in [-0.39, 0.29) is 19.6 Å². The van der Waals surface area contributed by atoms with Gasteiger partial charge in [-0.05, 0) is 24.3 Å². The molecule has 0 aromatic heterocycles. The third-order valence-electron chi connectivity index (χ3n) is 2.34. The summed E-state index contributed by atoms with van der Waals surface area (Å²) >= 11 is 0. The van der Waals surface area contributed by atoms with Gasteiger partial charge >= 0.3 is 0 Å². The lowest BCUT2D eigenvalue weighted by atomic mass is 10.3. The molecule has 0 aliphatic carbocycles. The van der Waals surface area contributed by atoms with Crippen molar-refractivity contribution < 1.29 is 18.0 Å². The van der Waals surface area contributed by atoms with Crippen LogP contribution in [-0.4, -0.2) is 43.4 Å². The van der Waals surface area contributed by atoms with Crippen LogP contribution >= 0.6 is 0 Å². The van der Waals surface area contributed by atoms with E-state index in [4.69, 9.17) is 5.73 Å². The van der Waals surface area contributed by atoms with Gasteiger partial charge in [-0.2, -0.15) is 0 Å². The zero-order valence-electron chi connectivity index (χ0n) is 10.3. The highest BCUT2D eigenvalue weighted by Crippen LogP contribution is 2.08. The molecule has 1 rings (SSSR count). The fourth-order valence-electron chi connectivity index (χ4n) is 1.55. The van der Waals surface area contributed by atoms with Crippen molar-refractivity contribution in [2.75, 3.05) is 31.5 Å². The molecule has 0 bridgehead atoms. The Morgan fingerprint density at radius 1 is 1.32 bits per heavy atom. The van der Waals surface area contributed by atoms with E-state index in [9.17, 15) is 18.0 Å². The number of nitrogens with one attached hydrogen (secondary N) is 1. The summed E-state index contributed by atoms with van der Waals surface area (Å²) in [5.41, 5.74) is 5.70. The lowest BCUT2D eigenvalue weighted by molar-refractivity contribution is -0.117. The van der Waals surface area contributed by atoms with Gasteiger partial charge in [0.1, 0.15) is 5.82 Å². The number of halogens is 3. The number of hydrogen-bond acceptors (Lipinski definition) is 3. The first-order valence-electron chi connectivity index (χ1n) is 5.77. The molecule has 1 amide bonds. The molecule has 3 N–H and O–H groups in total. The molecule has 7 heteroatoms. The first kappa shape index (κ1) is 15.5. The number of rotatable bonds is 7. The topological polar surface area (TPSA) is 58.4 Å². The van der Waals surface area contributed by atoms with Crippen molar-refractivity contribution in [3.05, 3.63) is 30.1 Å². The minimum atomic E-state index is -2.52. The van der Waals surface area contributed by atoms with Crippen LogP contribution in [-0.2, 0) is 4.79 Å². The van der Waals surface area contributed by atoms with Gasteiger partial charge in [0.25, 0.3) is 6.43 Å². The Balaban J connectivity index is 2.49. The van der Waals surface area contributed by atoms with E-state index >= 15 is 0 Å². The predicted molar refractivity (Wildman–Crippen MR) is 66.5 cm³/mol. The largest absolute Gasteiger partial charge is 0.329 e. The van der Waals surface area contributed by atoms with E-state index in [0.29, 0.717) is 5.69 Å². The number of nitrogens with zero attached hydrogens (tertiary/aromatic N) is 1. The molecule has 0 fully saturated rings. The van der Waals surface area contributed by atoms with E-state index in [1.807, 2.05) is 0 Å². The second-order valence-corrected chi connectivity index (χ2v) is 3.97. The zero-order chi connectivity index (χ0) is 14.3. The predicted octanol–water partition coefficient (Wildman–Crippen LogP) is 1.29. The van der Waals surface area contributed by atoms with Gasteiger partial charge in [-0.3, -0.25) is 9.69 Å². The van der Waals surface area contributed by atoms with E-state index in [1.165, 1.54) is 29.2 Å². The van der Waals surface area contributed by atoms with Crippen molar-refractivity contribution in [3.63, 3.8) is 0 Å². The van der Waals surface area contributed by atoms with Crippen LogP contribution in [0.5, 0.6) is 0 Å². The van der Waals surface area contributed by atoms with Crippen molar-refractivity contribution in [3.8, 4) is 0 Å². The first-order valence-corrected chi connectivity index (χ1v) is 5.77. The molecule has 19 heavy (non-hydrogen) atoms. The van der Waals surface area contributed by atoms with E-state index < -0.39 is 24.7 Å². The molecule has 0 unspecified atom stereocenters. The minimum absolute atomic E-state index is 0.182. The van der Waals surface area contributed by atoms with Gasteiger partial charge in [-0.25, -0.2) is 13.2 Å². The standard InChI is InChI=1S/C12H16F3N3O/c13-9-1-3-10(4-2-9)17-12(19)8-18(6-5-16)7-11(14)15/h1-4,11H,5-8,16H2,(H,17,19). The van der Waals surface area contributed by atoms with Crippen molar-refractivity contribution >= 4 is 11.6 Å². The summed E-state index contributed by atoms with van der Waals surface area (Å²) in [7, 11) is 0. The number of anilines is 1. The van der Waals surface area contributed by atoms with Gasteiger partial charge in [0, 0.05) is 18.8 Å². The molecular formula is C12H16F3N3O. The Morgan fingerprint density at radius 3 is 2.47 bits per heavy atom. The summed E-state index contributed by atoms with van der Waals surface area (Å²) in [6, 6.07) is 5.19. The number of alkyl halides is 2. The fourth-order valence-corrected chi connectivity index (χ4v) is 1.55. The Hall–Kier alpha value is -1.60. The molecule has 0 heterocycles. The molecule has 1 aromatic carbocycles. The average molecular weight is 275 g/mol. The van der Waals surface area contributed by atoms with Gasteiger partial charge in [-0.1, -0.05) is 0 Å². The molecule has 0 saturated heterocycles. The van der Waals surface area contributed by atoms with Crippen molar-refractivity contribution in [1.82, 2.24) is 4.90 Å². The third-order valence-corrected chi connectivity index (χ3v) is 2.34. The number of hydrogen-bond donors (Lipinski definition) is 2. The van der Waals surface area contributed by atoms with Crippen molar-refractivity contribution in [2.45, 2.75) is 6.43 Å². The maximum Gasteiger partial charge on any atom is 0.251 e. The Morgan fingerprint density at radius 2 is 1.95 bits per heavy atom. The molecule has 0 spiro atoms. The second kappa shape index (κ2) is 7.75. The highest BCUT2D eigenvalue weighted by atomic mass is 19.3. The maximum atomic E-state index is 12.7. The van der Waals surface area contributed by atoms with Crippen LogP contribution in [0.4, 0.5) is 18.9 Å². The van der Waals surface area contributed by atoms with Crippen molar-refractivity contribution in [1.29, 1.82) is 0 Å². The Labute approximate surface area is 109 Å². The van der Waals surface area contributed by atoms with Crippen LogP contribution in [0.3, 0.4) is 0 Å². The third kappa shape index (κ3) is 6.21. The quantitative estimate of drug-likeness (QED) is 0.788. The molecule has 4 nitrogen and oxygen atoms in total. The van der Waals surface area contributed by atoms with Gasteiger partial charge < -0.3 is 11.1 Å². The molecule has 106 valence electrons. The summed E-state index contributed by atoms with van der Waals surface area (Å²) in [6.45, 7) is -0.287. The van der Waals surface area contributed by atoms with Gasteiger partial charge in [0.2, 0.25) is 5.91 Å². The minimum Gasteiger partial charge on any atom is -0.329 e. The monoisotopic (exact) mass is 275 g/mol. The normalized spacial score (nSPS) is 11.1.